The van der Waals surface area contributed by atoms with Gasteiger partial charge in [0.05, 0.1) is 11.8 Å². The molecule has 1 atom stereocenters. The Morgan fingerprint density at radius 3 is 2.54 bits per heavy atom. The molecular weight excluding hydrogens is 366 g/mol. The van der Waals surface area contributed by atoms with Gasteiger partial charge in [-0.2, -0.15) is 0 Å². The summed E-state index contributed by atoms with van der Waals surface area (Å²) >= 11 is 0. The Labute approximate surface area is 160 Å². The third kappa shape index (κ3) is 4.50. The Hall–Kier alpha value is -3.32. The Morgan fingerprint density at radius 2 is 1.71 bits per heavy atom. The van der Waals surface area contributed by atoms with Gasteiger partial charge in [-0.15, -0.1) is 0 Å². The van der Waals surface area contributed by atoms with Crippen molar-refractivity contribution in [2.45, 2.75) is 12.5 Å². The molecule has 3 aromatic carbocycles. The molecule has 0 saturated carbocycles. The number of anilines is 1. The highest BCUT2D eigenvalue weighted by atomic mass is 19.1. The lowest BCUT2D eigenvalue weighted by Gasteiger charge is -2.14. The number of carbonyl (C=O) groups is 2. The number of fused-ring (bicyclic) bond motifs is 1. The summed E-state index contributed by atoms with van der Waals surface area (Å²) in [5.74, 6) is -3.72. The van der Waals surface area contributed by atoms with Gasteiger partial charge in [-0.1, -0.05) is 42.5 Å². The fourth-order valence-electron chi connectivity index (χ4n) is 2.87. The van der Waals surface area contributed by atoms with Gasteiger partial charge < -0.3 is 15.7 Å². The van der Waals surface area contributed by atoms with Crippen LogP contribution in [0.25, 0.3) is 10.8 Å². The topological polar surface area (TPSA) is 78.4 Å². The SMILES string of the molecule is O=C(NCCC(O)c1cccc2ccccc12)C(=O)Nc1cc(F)ccc1F. The molecule has 0 radical (unpaired) electrons. The first-order valence-electron chi connectivity index (χ1n) is 8.65. The number of halogens is 2. The summed E-state index contributed by atoms with van der Waals surface area (Å²) in [6.45, 7) is 0.0300. The second-order valence-corrected chi connectivity index (χ2v) is 6.21. The van der Waals surface area contributed by atoms with Crippen LogP contribution < -0.4 is 10.6 Å². The maximum atomic E-state index is 13.5. The molecule has 0 saturated heterocycles. The van der Waals surface area contributed by atoms with Crippen molar-refractivity contribution in [1.29, 1.82) is 0 Å². The van der Waals surface area contributed by atoms with Crippen LogP contribution in [0, 0.1) is 11.6 Å². The van der Waals surface area contributed by atoms with Crippen LogP contribution in [-0.4, -0.2) is 23.5 Å². The van der Waals surface area contributed by atoms with E-state index in [0.717, 1.165) is 34.5 Å². The van der Waals surface area contributed by atoms with Crippen LogP contribution in [0.4, 0.5) is 14.5 Å². The van der Waals surface area contributed by atoms with Crippen molar-refractivity contribution in [3.8, 4) is 0 Å². The van der Waals surface area contributed by atoms with Gasteiger partial charge in [0, 0.05) is 12.6 Å². The molecule has 0 fully saturated rings. The van der Waals surface area contributed by atoms with Gasteiger partial charge in [-0.25, -0.2) is 8.78 Å². The van der Waals surface area contributed by atoms with E-state index in [0.29, 0.717) is 0 Å². The molecule has 3 rings (SSSR count). The normalized spacial score (nSPS) is 11.8. The Balaban J connectivity index is 1.56. The van der Waals surface area contributed by atoms with Crippen LogP contribution in [0.5, 0.6) is 0 Å². The summed E-state index contributed by atoms with van der Waals surface area (Å²) in [7, 11) is 0. The lowest BCUT2D eigenvalue weighted by molar-refractivity contribution is -0.136. The lowest BCUT2D eigenvalue weighted by atomic mass is 9.99. The molecule has 0 bridgehead atoms. The molecule has 3 aromatic rings. The third-order valence-electron chi connectivity index (χ3n) is 4.27. The summed E-state index contributed by atoms with van der Waals surface area (Å²) in [6.07, 6.45) is -0.656. The summed E-state index contributed by atoms with van der Waals surface area (Å²) in [5.41, 5.74) is 0.301. The predicted molar refractivity (Wildman–Crippen MR) is 102 cm³/mol. The predicted octanol–water partition coefficient (Wildman–Crippen LogP) is 3.30. The molecule has 3 N–H and O–H groups in total. The van der Waals surface area contributed by atoms with Crippen LogP contribution in [0.2, 0.25) is 0 Å². The molecule has 0 aliphatic heterocycles. The number of hydrogen-bond acceptors (Lipinski definition) is 3. The van der Waals surface area contributed by atoms with Crippen molar-refractivity contribution >= 4 is 28.3 Å². The zero-order valence-electron chi connectivity index (χ0n) is 14.8. The standard InChI is InChI=1S/C21H18F2N2O3/c22-14-8-9-17(23)18(12-14)25-21(28)20(27)24-11-10-19(26)16-7-3-5-13-4-1-2-6-15(13)16/h1-9,12,19,26H,10-11H2,(H,24,27)(H,25,28). The van der Waals surface area contributed by atoms with Gasteiger partial charge in [-0.05, 0) is 34.9 Å². The molecule has 28 heavy (non-hydrogen) atoms. The molecule has 144 valence electrons. The second-order valence-electron chi connectivity index (χ2n) is 6.21. The van der Waals surface area contributed by atoms with E-state index < -0.39 is 35.2 Å². The van der Waals surface area contributed by atoms with Crippen molar-refractivity contribution in [1.82, 2.24) is 5.32 Å². The van der Waals surface area contributed by atoms with Gasteiger partial charge in [0.15, 0.2) is 0 Å². The Kier molecular flexibility index (Phi) is 5.96. The minimum absolute atomic E-state index is 0.0300. The number of nitrogens with one attached hydrogen (secondary N) is 2. The molecule has 7 heteroatoms. The molecule has 0 aromatic heterocycles. The average Bonchev–Trinajstić information content (AvgIpc) is 2.70. The third-order valence-corrected chi connectivity index (χ3v) is 4.27. The van der Waals surface area contributed by atoms with Crippen LogP contribution in [0.15, 0.2) is 60.7 Å². The minimum atomic E-state index is -1.12. The first-order valence-corrected chi connectivity index (χ1v) is 8.65. The van der Waals surface area contributed by atoms with E-state index in [-0.39, 0.29) is 13.0 Å². The molecule has 1 unspecified atom stereocenters. The maximum Gasteiger partial charge on any atom is 0.313 e. The van der Waals surface area contributed by atoms with E-state index in [1.807, 2.05) is 41.7 Å². The number of hydrogen-bond donors (Lipinski definition) is 3. The average molecular weight is 384 g/mol. The first kappa shape index (κ1) is 19.4. The fraction of sp³-hybridized carbons (Fsp3) is 0.143. The smallest absolute Gasteiger partial charge is 0.313 e. The zero-order valence-corrected chi connectivity index (χ0v) is 14.8. The Morgan fingerprint density at radius 1 is 0.964 bits per heavy atom. The highest BCUT2D eigenvalue weighted by Gasteiger charge is 2.17. The van der Waals surface area contributed by atoms with Crippen LogP contribution in [-0.2, 0) is 9.59 Å². The number of aliphatic hydroxyl groups is 1. The number of aliphatic hydroxyl groups excluding tert-OH is 1. The summed E-state index contributed by atoms with van der Waals surface area (Å²) in [4.78, 5) is 23.7. The summed E-state index contributed by atoms with van der Waals surface area (Å²) < 4.78 is 26.6. The molecule has 5 nitrogen and oxygen atoms in total. The maximum absolute atomic E-state index is 13.5. The van der Waals surface area contributed by atoms with E-state index in [4.69, 9.17) is 0 Å². The van der Waals surface area contributed by atoms with Crippen molar-refractivity contribution in [2.75, 3.05) is 11.9 Å². The van der Waals surface area contributed by atoms with Crippen LogP contribution in [0.1, 0.15) is 18.1 Å². The summed E-state index contributed by atoms with van der Waals surface area (Å²) in [5, 5.41) is 16.7. The number of benzene rings is 3. The van der Waals surface area contributed by atoms with Crippen molar-refractivity contribution in [3.05, 3.63) is 77.9 Å². The second kappa shape index (κ2) is 8.58. The summed E-state index contributed by atoms with van der Waals surface area (Å²) in [6, 6.07) is 15.7. The van der Waals surface area contributed by atoms with Crippen molar-refractivity contribution in [2.24, 2.45) is 0 Å². The van der Waals surface area contributed by atoms with Crippen molar-refractivity contribution < 1.29 is 23.5 Å². The molecule has 0 spiro atoms. The molecule has 2 amide bonds. The molecule has 0 aliphatic rings. The molecule has 0 heterocycles. The minimum Gasteiger partial charge on any atom is -0.388 e. The van der Waals surface area contributed by atoms with Crippen LogP contribution >= 0.6 is 0 Å². The molecule has 0 aliphatic carbocycles. The van der Waals surface area contributed by atoms with Gasteiger partial charge >= 0.3 is 11.8 Å². The lowest BCUT2D eigenvalue weighted by Crippen LogP contribution is -2.36. The van der Waals surface area contributed by atoms with E-state index in [1.165, 1.54) is 0 Å². The van der Waals surface area contributed by atoms with Gasteiger partial charge in [-0.3, -0.25) is 9.59 Å². The monoisotopic (exact) mass is 384 g/mol. The number of rotatable bonds is 5. The van der Waals surface area contributed by atoms with E-state index >= 15 is 0 Å². The Bertz CT molecular complexity index is 1020. The van der Waals surface area contributed by atoms with E-state index in [1.54, 1.807) is 6.07 Å². The van der Waals surface area contributed by atoms with E-state index in [2.05, 4.69) is 5.32 Å². The quantitative estimate of drug-likeness (QED) is 0.591. The molecular formula is C21H18F2N2O3. The number of carbonyl (C=O) groups excluding carboxylic acids is 2. The van der Waals surface area contributed by atoms with Gasteiger partial charge in [0.25, 0.3) is 0 Å². The van der Waals surface area contributed by atoms with Crippen molar-refractivity contribution in [3.63, 3.8) is 0 Å². The number of amides is 2. The van der Waals surface area contributed by atoms with Crippen LogP contribution in [0.3, 0.4) is 0 Å². The fourth-order valence-corrected chi connectivity index (χ4v) is 2.87. The first-order chi connectivity index (χ1) is 13.5. The van der Waals surface area contributed by atoms with Gasteiger partial charge in [0.1, 0.15) is 11.6 Å². The van der Waals surface area contributed by atoms with Gasteiger partial charge in [0.2, 0.25) is 0 Å². The highest BCUT2D eigenvalue weighted by Crippen LogP contribution is 2.25. The van der Waals surface area contributed by atoms with E-state index in [9.17, 15) is 23.5 Å². The highest BCUT2D eigenvalue weighted by molar-refractivity contribution is 6.39. The largest absolute Gasteiger partial charge is 0.388 e. The zero-order chi connectivity index (χ0) is 20.1.